The summed E-state index contributed by atoms with van der Waals surface area (Å²) in [5.74, 6) is -2.36. The molecule has 0 atom stereocenters. The van der Waals surface area contributed by atoms with E-state index < -0.39 is 72.0 Å². The van der Waals surface area contributed by atoms with Gasteiger partial charge in [0.1, 0.15) is 32.2 Å². The van der Waals surface area contributed by atoms with Crippen molar-refractivity contribution in [2.45, 2.75) is 40.4 Å². The van der Waals surface area contributed by atoms with Crippen LogP contribution in [-0.2, 0) is 50.1 Å². The first-order valence-electron chi connectivity index (χ1n) is 15.9. The quantitative estimate of drug-likeness (QED) is 0.0715. The average molecular weight is 878 g/mol. The molecule has 5 aromatic rings. The number of fused-ring (bicyclic) bond motifs is 4. The van der Waals surface area contributed by atoms with Gasteiger partial charge in [-0.2, -0.15) is 38.8 Å². The minimum Gasteiger partial charge on any atom is -0.424 e. The normalized spacial score (nSPS) is 14.9. The van der Waals surface area contributed by atoms with Gasteiger partial charge in [0, 0.05) is 54.9 Å². The summed E-state index contributed by atoms with van der Waals surface area (Å²) in [7, 11) is -18.9. The largest absolute Gasteiger partial charge is 0.424 e. The number of allylic oxidation sites excluding steroid dienone is 3. The fourth-order valence-electron chi connectivity index (χ4n) is 5.93. The van der Waals surface area contributed by atoms with Crippen LogP contribution in [0.1, 0.15) is 31.9 Å². The summed E-state index contributed by atoms with van der Waals surface area (Å²) < 4.78 is 148. The first kappa shape index (κ1) is 41.7. The van der Waals surface area contributed by atoms with Crippen LogP contribution < -0.4 is 14.5 Å². The summed E-state index contributed by atoms with van der Waals surface area (Å²) in [5.41, 5.74) is -0.679. The van der Waals surface area contributed by atoms with E-state index in [0.717, 1.165) is 47.9 Å². The Morgan fingerprint density at radius 1 is 0.724 bits per heavy atom. The molecule has 0 saturated heterocycles. The number of aromatic nitrogens is 3. The first-order valence-corrected chi connectivity index (χ1v) is 21.7. The number of hydrazone groups is 1. The zero-order chi connectivity index (χ0) is 42.9. The van der Waals surface area contributed by atoms with Gasteiger partial charge in [0.2, 0.25) is 0 Å². The molecule has 1 aromatic heterocycles. The lowest BCUT2D eigenvalue weighted by atomic mass is 9.91. The molecule has 0 aliphatic heterocycles. The number of carbonyl (C=O) groups excluding carboxylic acids is 2. The minimum absolute atomic E-state index is 0.00638. The molecule has 1 heterocycles. The van der Waals surface area contributed by atoms with E-state index in [1.54, 1.807) is 6.92 Å². The van der Waals surface area contributed by atoms with E-state index in [-0.39, 0.29) is 67.1 Å². The second-order valence-corrected chi connectivity index (χ2v) is 17.9. The van der Waals surface area contributed by atoms with Gasteiger partial charge in [-0.3, -0.25) is 32.8 Å². The summed E-state index contributed by atoms with van der Waals surface area (Å²) in [4.78, 5) is 22.1. The van der Waals surface area contributed by atoms with Gasteiger partial charge in [-0.25, -0.2) is 0 Å². The number of nitrogens with zero attached hydrogens (tertiary/aromatic N) is 5. The van der Waals surface area contributed by atoms with E-state index in [2.05, 4.69) is 15.3 Å². The van der Waals surface area contributed by atoms with Crippen LogP contribution in [0.5, 0.6) is 11.5 Å². The van der Waals surface area contributed by atoms with E-state index in [1.807, 2.05) is 0 Å². The summed E-state index contributed by atoms with van der Waals surface area (Å²) in [6.45, 7) is 3.67. The molecule has 4 N–H and O–H groups in total. The summed E-state index contributed by atoms with van der Waals surface area (Å²) in [6, 6.07) is 7.69. The number of benzene rings is 4. The third-order valence-electron chi connectivity index (χ3n) is 8.32. The highest BCUT2D eigenvalue weighted by Gasteiger charge is 2.30. The molecule has 25 heteroatoms. The predicted molar refractivity (Wildman–Crippen MR) is 202 cm³/mol. The van der Waals surface area contributed by atoms with Crippen LogP contribution in [0.25, 0.3) is 33.6 Å². The maximum atomic E-state index is 12.4. The van der Waals surface area contributed by atoms with Crippen LogP contribution >= 0.6 is 0 Å². The van der Waals surface area contributed by atoms with Crippen molar-refractivity contribution in [3.8, 4) is 17.2 Å². The third kappa shape index (κ3) is 8.09. The van der Waals surface area contributed by atoms with Crippen molar-refractivity contribution in [1.82, 2.24) is 15.0 Å². The third-order valence-corrected chi connectivity index (χ3v) is 11.8. The van der Waals surface area contributed by atoms with Crippen molar-refractivity contribution in [3.63, 3.8) is 0 Å². The van der Waals surface area contributed by atoms with E-state index >= 15 is 0 Å². The van der Waals surface area contributed by atoms with Gasteiger partial charge >= 0.3 is 11.9 Å². The number of hydrogen-bond donors (Lipinski definition) is 4. The number of anilines is 1. The molecule has 1 aliphatic carbocycles. The van der Waals surface area contributed by atoms with Crippen LogP contribution in [0, 0.1) is 0 Å². The summed E-state index contributed by atoms with van der Waals surface area (Å²) >= 11 is 0. The van der Waals surface area contributed by atoms with Gasteiger partial charge in [0.25, 0.3) is 40.5 Å². The fraction of sp³-hybridized carbons (Fsp3) is 0.121. The SMILES string of the molecule is CC=C1C=Cc2c(cc(S(=O)(=O)O)cc2S(=O)(=O)O)/C1=N/N(C)c1cc(OC(C)=O)c(-n2nc3ccc4c(S(=O)(=O)O)cc(S(=O)(=O)O)cc4c3n2)cc1OC(C)=O. The monoisotopic (exact) mass is 877 g/mol. The number of carbonyl (C=O) groups is 2. The maximum absolute atomic E-state index is 12.4. The molecule has 0 bridgehead atoms. The van der Waals surface area contributed by atoms with Gasteiger partial charge in [-0.15, -0.1) is 15.0 Å². The lowest BCUT2D eigenvalue weighted by Gasteiger charge is -2.24. The van der Waals surface area contributed by atoms with E-state index in [1.165, 1.54) is 37.4 Å². The smallest absolute Gasteiger partial charge is 0.308 e. The Morgan fingerprint density at radius 3 is 1.88 bits per heavy atom. The standard InChI is InChI=1S/C33H27N5O16S4/c1-5-18-6-7-21-23(10-19(55(41,42)43)12-30(21)57(47,48)49)32(18)35-37(4)26-14-29(54-17(3)40)27(15-28(26)53-16(2)39)38-34-25-9-8-22-24(33(25)36-38)11-20(56(44,45)46)13-31(22)58(50,51)52/h5-15H,1-4H3,(H,41,42,43)(H,44,45,46)(H,47,48,49)(H,50,51,52)/b18-5?,35-32+. The zero-order valence-corrected chi connectivity index (χ0v) is 33.2. The van der Waals surface area contributed by atoms with Gasteiger partial charge in [-0.05, 0) is 42.8 Å². The molecule has 0 unspecified atom stereocenters. The van der Waals surface area contributed by atoms with Gasteiger partial charge in [0.15, 0.2) is 11.5 Å². The second kappa shape index (κ2) is 14.5. The van der Waals surface area contributed by atoms with E-state index in [9.17, 15) is 61.5 Å². The van der Waals surface area contributed by atoms with Crippen molar-refractivity contribution >= 4 is 91.7 Å². The molecule has 21 nitrogen and oxygen atoms in total. The lowest BCUT2D eigenvalue weighted by molar-refractivity contribution is -0.133. The zero-order valence-electron chi connectivity index (χ0n) is 29.9. The van der Waals surface area contributed by atoms with Crippen LogP contribution in [-0.4, -0.2) is 91.6 Å². The molecule has 0 fully saturated rings. The Balaban J connectivity index is 1.61. The molecular formula is C33H27N5O16S4. The fourth-order valence-corrected chi connectivity index (χ4v) is 8.61. The van der Waals surface area contributed by atoms with Crippen molar-refractivity contribution in [1.29, 1.82) is 0 Å². The van der Waals surface area contributed by atoms with E-state index in [4.69, 9.17) is 9.47 Å². The van der Waals surface area contributed by atoms with Crippen LogP contribution in [0.2, 0.25) is 0 Å². The van der Waals surface area contributed by atoms with Crippen molar-refractivity contribution in [2.75, 3.05) is 12.1 Å². The average Bonchev–Trinajstić information content (AvgIpc) is 3.54. The van der Waals surface area contributed by atoms with Gasteiger partial charge < -0.3 is 9.47 Å². The van der Waals surface area contributed by atoms with Crippen LogP contribution in [0.3, 0.4) is 0 Å². The van der Waals surface area contributed by atoms with Crippen LogP contribution in [0.4, 0.5) is 5.69 Å². The molecule has 1 aliphatic rings. The van der Waals surface area contributed by atoms with Crippen LogP contribution in [0.15, 0.2) is 90.9 Å². The molecular weight excluding hydrogens is 851 g/mol. The maximum Gasteiger partial charge on any atom is 0.308 e. The Kier molecular flexibility index (Phi) is 10.4. The molecule has 4 aromatic carbocycles. The number of hydrogen-bond acceptors (Lipinski definition) is 16. The number of esters is 2. The minimum atomic E-state index is -5.07. The Hall–Kier alpha value is -5.93. The van der Waals surface area contributed by atoms with Crippen molar-refractivity contribution < 1.29 is 70.9 Å². The van der Waals surface area contributed by atoms with Crippen molar-refractivity contribution in [3.05, 3.63) is 77.4 Å². The molecule has 0 spiro atoms. The highest BCUT2D eigenvalue weighted by Crippen LogP contribution is 2.40. The molecule has 0 saturated carbocycles. The number of ether oxygens (including phenoxy) is 2. The molecule has 0 amide bonds. The molecule has 0 radical (unpaired) electrons. The highest BCUT2D eigenvalue weighted by molar-refractivity contribution is 7.87. The Bertz CT molecular complexity index is 3210. The summed E-state index contributed by atoms with van der Waals surface area (Å²) in [6.07, 6.45) is 4.21. The molecule has 58 heavy (non-hydrogen) atoms. The molecule has 6 rings (SSSR count). The Labute approximate surface area is 328 Å². The van der Waals surface area contributed by atoms with Gasteiger partial charge in [-0.1, -0.05) is 24.3 Å². The molecule has 304 valence electrons. The topological polar surface area (TPSA) is 316 Å². The first-order chi connectivity index (χ1) is 26.8. The van der Waals surface area contributed by atoms with E-state index in [0.29, 0.717) is 12.1 Å². The Morgan fingerprint density at radius 2 is 1.31 bits per heavy atom. The highest BCUT2D eigenvalue weighted by atomic mass is 32.2. The van der Waals surface area contributed by atoms with Crippen molar-refractivity contribution in [2.24, 2.45) is 5.10 Å². The lowest BCUT2D eigenvalue weighted by Crippen LogP contribution is -2.21. The predicted octanol–water partition coefficient (Wildman–Crippen LogP) is 3.22. The second-order valence-electron chi connectivity index (χ2n) is 12.2. The summed E-state index contributed by atoms with van der Waals surface area (Å²) in [5, 5.41) is 13.9. The number of rotatable bonds is 9. The van der Waals surface area contributed by atoms with Gasteiger partial charge in [0.05, 0.1) is 15.5 Å².